The second-order valence-electron chi connectivity index (χ2n) is 4.05. The molecule has 0 aliphatic carbocycles. The van der Waals surface area contributed by atoms with E-state index in [4.69, 9.17) is 0 Å². The lowest BCUT2D eigenvalue weighted by atomic mass is 9.98. The summed E-state index contributed by atoms with van der Waals surface area (Å²) >= 11 is 5.40. The van der Waals surface area contributed by atoms with Crippen LogP contribution in [0, 0.1) is 15.2 Å². The van der Waals surface area contributed by atoms with Crippen LogP contribution in [0.25, 0.3) is 0 Å². The van der Waals surface area contributed by atoms with Gasteiger partial charge in [-0.2, -0.15) is 0 Å². The zero-order valence-corrected chi connectivity index (χ0v) is 13.8. The van der Waals surface area contributed by atoms with Crippen LogP contribution < -0.4 is 5.32 Å². The molecule has 0 aromatic heterocycles. The van der Waals surface area contributed by atoms with Crippen molar-refractivity contribution in [2.75, 3.05) is 7.05 Å². The molecule has 1 nitrogen and oxygen atoms in total. The Morgan fingerprint density at radius 1 is 1.11 bits per heavy atom. The Morgan fingerprint density at radius 2 is 1.84 bits per heavy atom. The van der Waals surface area contributed by atoms with Crippen LogP contribution in [0.5, 0.6) is 0 Å². The molecule has 2 aromatic carbocycles. The van der Waals surface area contributed by atoms with Gasteiger partial charge in [0.25, 0.3) is 0 Å². The van der Waals surface area contributed by atoms with Gasteiger partial charge < -0.3 is 5.32 Å². The van der Waals surface area contributed by atoms with Gasteiger partial charge in [-0.3, -0.25) is 0 Å². The van der Waals surface area contributed by atoms with Gasteiger partial charge in [-0.15, -0.1) is 0 Å². The summed E-state index contributed by atoms with van der Waals surface area (Å²) in [5.74, 6) is -0.583. The highest BCUT2D eigenvalue weighted by Gasteiger charge is 2.19. The monoisotopic (exact) mass is 437 g/mol. The Morgan fingerprint density at radius 3 is 2.47 bits per heavy atom. The van der Waals surface area contributed by atoms with Gasteiger partial charge in [-0.25, -0.2) is 8.78 Å². The van der Waals surface area contributed by atoms with Gasteiger partial charge in [0.15, 0.2) is 0 Å². The van der Waals surface area contributed by atoms with E-state index in [1.807, 2.05) is 0 Å². The maximum Gasteiger partial charge on any atom is 0.128 e. The lowest BCUT2D eigenvalue weighted by molar-refractivity contribution is 0.573. The van der Waals surface area contributed by atoms with Crippen LogP contribution >= 0.6 is 38.5 Å². The first-order valence-corrected chi connectivity index (χ1v) is 7.47. The van der Waals surface area contributed by atoms with E-state index in [9.17, 15) is 8.78 Å². The van der Waals surface area contributed by atoms with Crippen molar-refractivity contribution in [3.05, 3.63) is 67.2 Å². The van der Waals surface area contributed by atoms with Crippen molar-refractivity contribution in [1.29, 1.82) is 0 Å². The number of benzene rings is 2. The Bertz CT molecular complexity index is 604. The number of rotatable bonds is 3. The van der Waals surface area contributed by atoms with Gasteiger partial charge in [0, 0.05) is 13.6 Å². The van der Waals surface area contributed by atoms with Gasteiger partial charge in [0.1, 0.15) is 11.6 Å². The van der Waals surface area contributed by atoms with Gasteiger partial charge in [-0.1, -0.05) is 22.0 Å². The van der Waals surface area contributed by atoms with E-state index in [2.05, 4.69) is 43.8 Å². The third-order valence-electron chi connectivity index (χ3n) is 2.83. The zero-order chi connectivity index (χ0) is 14.0. The number of nitrogens with one attached hydrogen (secondary N) is 1. The summed E-state index contributed by atoms with van der Waals surface area (Å²) in [7, 11) is 1.75. The van der Waals surface area contributed by atoms with Crippen LogP contribution in [0.4, 0.5) is 8.78 Å². The molecule has 1 atom stereocenters. The topological polar surface area (TPSA) is 12.0 Å². The average Bonchev–Trinajstić information content (AvgIpc) is 2.36. The van der Waals surface area contributed by atoms with Crippen molar-refractivity contribution in [3.8, 4) is 0 Å². The van der Waals surface area contributed by atoms with Crippen LogP contribution in [-0.4, -0.2) is 7.05 Å². The van der Waals surface area contributed by atoms with Crippen molar-refractivity contribution in [3.63, 3.8) is 0 Å². The van der Waals surface area contributed by atoms with Crippen LogP contribution in [0.15, 0.2) is 40.9 Å². The quantitative estimate of drug-likeness (QED) is 0.689. The highest BCUT2D eigenvalue weighted by Crippen LogP contribution is 2.30. The van der Waals surface area contributed by atoms with E-state index in [1.54, 1.807) is 25.2 Å². The van der Waals surface area contributed by atoms with Crippen molar-refractivity contribution in [2.45, 2.75) is 6.04 Å². The zero-order valence-electron chi connectivity index (χ0n) is 10.1. The molecule has 100 valence electrons. The molecule has 0 radical (unpaired) electrons. The minimum atomic E-state index is -0.315. The number of halogens is 4. The van der Waals surface area contributed by atoms with E-state index in [1.165, 1.54) is 18.2 Å². The van der Waals surface area contributed by atoms with Crippen LogP contribution in [0.2, 0.25) is 0 Å². The molecule has 0 saturated carbocycles. The normalized spacial score (nSPS) is 12.5. The summed E-state index contributed by atoms with van der Waals surface area (Å²) in [4.78, 5) is 0. The molecule has 5 heteroatoms. The Kier molecular flexibility index (Phi) is 4.92. The van der Waals surface area contributed by atoms with Crippen LogP contribution in [0.1, 0.15) is 17.2 Å². The molecule has 0 amide bonds. The predicted molar refractivity (Wildman–Crippen MR) is 84.1 cm³/mol. The van der Waals surface area contributed by atoms with E-state index < -0.39 is 0 Å². The summed E-state index contributed by atoms with van der Waals surface area (Å²) in [6.45, 7) is 0. The fourth-order valence-corrected chi connectivity index (χ4v) is 3.12. The molecule has 0 aliphatic rings. The standard InChI is InChI=1S/C14H11BrF2IN/c1-19-14(10-4-3-9(16)7-13(10)18)11-6-8(15)2-5-12(11)17/h2-7,14,19H,1H3. The Balaban J connectivity index is 2.52. The molecule has 1 N–H and O–H groups in total. The first kappa shape index (κ1) is 14.9. The average molecular weight is 438 g/mol. The molecule has 19 heavy (non-hydrogen) atoms. The molecule has 2 aromatic rings. The van der Waals surface area contributed by atoms with Gasteiger partial charge >= 0.3 is 0 Å². The molecule has 0 bridgehead atoms. The summed E-state index contributed by atoms with van der Waals surface area (Å²) in [6, 6.07) is 8.99. The Hall–Kier alpha value is -0.530. The van der Waals surface area contributed by atoms with Gasteiger partial charge in [-0.05, 0) is 65.5 Å². The van der Waals surface area contributed by atoms with E-state index in [-0.39, 0.29) is 17.7 Å². The number of hydrogen-bond donors (Lipinski definition) is 1. The molecule has 0 spiro atoms. The van der Waals surface area contributed by atoms with Crippen molar-refractivity contribution < 1.29 is 8.78 Å². The minimum Gasteiger partial charge on any atom is -0.309 e. The van der Waals surface area contributed by atoms with Gasteiger partial charge in [0.2, 0.25) is 0 Å². The molecule has 1 unspecified atom stereocenters. The van der Waals surface area contributed by atoms with Crippen molar-refractivity contribution >= 4 is 38.5 Å². The Labute approximate surface area is 132 Å². The SMILES string of the molecule is CNC(c1cc(Br)ccc1F)c1ccc(F)cc1I. The smallest absolute Gasteiger partial charge is 0.128 e. The molecule has 0 saturated heterocycles. The van der Waals surface area contributed by atoms with Crippen molar-refractivity contribution in [1.82, 2.24) is 5.32 Å². The summed E-state index contributed by atoms with van der Waals surface area (Å²) < 4.78 is 28.7. The fourth-order valence-electron chi connectivity index (χ4n) is 1.95. The maximum absolute atomic E-state index is 14.0. The minimum absolute atomic E-state index is 0.289. The molecular formula is C14H11BrF2IN. The first-order chi connectivity index (χ1) is 9.02. The van der Waals surface area contributed by atoms with E-state index >= 15 is 0 Å². The van der Waals surface area contributed by atoms with Crippen molar-refractivity contribution in [2.24, 2.45) is 0 Å². The predicted octanol–water partition coefficient (Wildman–Crippen LogP) is 4.64. The largest absolute Gasteiger partial charge is 0.309 e. The van der Waals surface area contributed by atoms with E-state index in [0.717, 1.165) is 13.6 Å². The molecule has 0 aliphatic heterocycles. The number of hydrogen-bond acceptors (Lipinski definition) is 1. The van der Waals surface area contributed by atoms with Crippen LogP contribution in [0.3, 0.4) is 0 Å². The molecule has 2 rings (SSSR count). The summed E-state index contributed by atoms with van der Waals surface area (Å²) in [5, 5.41) is 3.07. The second kappa shape index (κ2) is 6.28. The van der Waals surface area contributed by atoms with Gasteiger partial charge in [0.05, 0.1) is 6.04 Å². The molecule has 0 heterocycles. The lowest BCUT2D eigenvalue weighted by Gasteiger charge is -2.19. The van der Waals surface area contributed by atoms with E-state index in [0.29, 0.717) is 5.56 Å². The molecular weight excluding hydrogens is 427 g/mol. The summed E-state index contributed by atoms with van der Waals surface area (Å²) in [6.07, 6.45) is 0. The highest BCUT2D eigenvalue weighted by molar-refractivity contribution is 14.1. The first-order valence-electron chi connectivity index (χ1n) is 5.60. The third kappa shape index (κ3) is 3.32. The second-order valence-corrected chi connectivity index (χ2v) is 6.13. The third-order valence-corrected chi connectivity index (χ3v) is 4.26. The lowest BCUT2D eigenvalue weighted by Crippen LogP contribution is -2.20. The maximum atomic E-state index is 14.0. The van der Waals surface area contributed by atoms with Crippen LogP contribution in [-0.2, 0) is 0 Å². The molecule has 0 fully saturated rings. The highest BCUT2D eigenvalue weighted by atomic mass is 127. The fraction of sp³-hybridized carbons (Fsp3) is 0.143. The summed E-state index contributed by atoms with van der Waals surface area (Å²) in [5.41, 5.74) is 1.38.